The van der Waals surface area contributed by atoms with Gasteiger partial charge in [0.05, 0.1) is 12.2 Å². The Bertz CT molecular complexity index is 616. The van der Waals surface area contributed by atoms with Gasteiger partial charge < -0.3 is 14.6 Å². The molecular formula is C14H18N4O2. The summed E-state index contributed by atoms with van der Waals surface area (Å²) in [5, 5.41) is 10.3. The maximum Gasteiger partial charge on any atom is 0.239 e. The summed E-state index contributed by atoms with van der Waals surface area (Å²) in [6.07, 6.45) is 2.62. The molecule has 1 amide bonds. The Hall–Kier alpha value is -2.08. The van der Waals surface area contributed by atoms with E-state index in [1.807, 2.05) is 26.1 Å². The number of hydrogen-bond acceptors (Lipinski definition) is 4. The molecule has 0 aliphatic carbocycles. The Labute approximate surface area is 117 Å². The minimum Gasteiger partial charge on any atom is -0.460 e. The average molecular weight is 274 g/mol. The molecule has 6 heteroatoms. The molecule has 1 unspecified atom stereocenters. The van der Waals surface area contributed by atoms with Gasteiger partial charge in [0.25, 0.3) is 0 Å². The molecule has 1 saturated heterocycles. The fraction of sp³-hybridized carbons (Fsp3) is 0.429. The fourth-order valence-electron chi connectivity index (χ4n) is 2.47. The highest BCUT2D eigenvalue weighted by molar-refractivity contribution is 5.83. The number of nitrogens with zero attached hydrogens (tertiary/aromatic N) is 2. The van der Waals surface area contributed by atoms with Crippen LogP contribution in [-0.4, -0.2) is 40.6 Å². The molecule has 3 heterocycles. The second kappa shape index (κ2) is 5.13. The van der Waals surface area contributed by atoms with E-state index in [0.29, 0.717) is 6.54 Å². The van der Waals surface area contributed by atoms with Gasteiger partial charge in [-0.3, -0.25) is 9.89 Å². The Morgan fingerprint density at radius 1 is 1.55 bits per heavy atom. The van der Waals surface area contributed by atoms with Crippen LogP contribution in [0.15, 0.2) is 22.7 Å². The lowest BCUT2D eigenvalue weighted by atomic mass is 10.2. The van der Waals surface area contributed by atoms with Crippen molar-refractivity contribution in [2.75, 3.05) is 13.6 Å². The van der Waals surface area contributed by atoms with Crippen LogP contribution in [0.1, 0.15) is 17.7 Å². The number of carbonyl (C=O) groups excluding carboxylic acids is 1. The largest absolute Gasteiger partial charge is 0.460 e. The maximum atomic E-state index is 11.8. The summed E-state index contributed by atoms with van der Waals surface area (Å²) in [6, 6.07) is 3.74. The van der Waals surface area contributed by atoms with Gasteiger partial charge in [0.1, 0.15) is 11.5 Å². The number of nitrogens with one attached hydrogen (secondary N) is 2. The van der Waals surface area contributed by atoms with Crippen LogP contribution in [0.25, 0.3) is 11.5 Å². The molecular weight excluding hydrogens is 256 g/mol. The zero-order valence-electron chi connectivity index (χ0n) is 11.6. The number of carbonyl (C=O) groups is 1. The van der Waals surface area contributed by atoms with Crippen LogP contribution in [0.4, 0.5) is 0 Å². The van der Waals surface area contributed by atoms with Gasteiger partial charge in [-0.25, -0.2) is 0 Å². The van der Waals surface area contributed by atoms with Crippen LogP contribution in [0, 0.1) is 6.92 Å². The van der Waals surface area contributed by atoms with E-state index >= 15 is 0 Å². The molecule has 2 aromatic heterocycles. The Morgan fingerprint density at radius 3 is 3.05 bits per heavy atom. The second-order valence-corrected chi connectivity index (χ2v) is 5.16. The number of rotatable bonds is 4. The summed E-state index contributed by atoms with van der Waals surface area (Å²) in [6.45, 7) is 3.31. The third-order valence-corrected chi connectivity index (χ3v) is 3.67. The fourth-order valence-corrected chi connectivity index (χ4v) is 2.47. The number of H-pyrrole nitrogens is 1. The van der Waals surface area contributed by atoms with E-state index in [0.717, 1.165) is 35.7 Å². The summed E-state index contributed by atoms with van der Waals surface area (Å²) in [7, 11) is 1.83. The highest BCUT2D eigenvalue weighted by Gasteiger charge is 2.28. The predicted octanol–water partition coefficient (Wildman–Crippen LogP) is 1.30. The van der Waals surface area contributed by atoms with Crippen molar-refractivity contribution in [3.05, 3.63) is 29.7 Å². The zero-order chi connectivity index (χ0) is 14.1. The number of furan rings is 1. The van der Waals surface area contributed by atoms with Crippen molar-refractivity contribution in [1.82, 2.24) is 20.4 Å². The van der Waals surface area contributed by atoms with Gasteiger partial charge in [-0.1, -0.05) is 0 Å². The van der Waals surface area contributed by atoms with Gasteiger partial charge in [-0.05, 0) is 25.5 Å². The number of amides is 1. The van der Waals surface area contributed by atoms with Crippen LogP contribution < -0.4 is 5.32 Å². The van der Waals surface area contributed by atoms with Crippen LogP contribution in [0.2, 0.25) is 0 Å². The lowest BCUT2D eigenvalue weighted by Gasteiger charge is -2.11. The molecule has 1 fully saturated rings. The lowest BCUT2D eigenvalue weighted by Crippen LogP contribution is -2.36. The third kappa shape index (κ3) is 2.34. The zero-order valence-corrected chi connectivity index (χ0v) is 11.6. The first-order valence-corrected chi connectivity index (χ1v) is 6.72. The molecule has 0 radical (unpaired) electrons. The number of hydrogen-bond donors (Lipinski definition) is 2. The SMILES string of the molecule is Cc1ccc(-c2[nH]ncc2CNC2CCN(C)C2=O)o1. The van der Waals surface area contributed by atoms with E-state index in [4.69, 9.17) is 4.42 Å². The summed E-state index contributed by atoms with van der Waals surface area (Å²) >= 11 is 0. The van der Waals surface area contributed by atoms with Gasteiger partial charge in [0, 0.05) is 25.7 Å². The van der Waals surface area contributed by atoms with Crippen molar-refractivity contribution in [2.45, 2.75) is 25.9 Å². The van der Waals surface area contributed by atoms with E-state index < -0.39 is 0 Å². The Kier molecular flexibility index (Phi) is 3.31. The van der Waals surface area contributed by atoms with Crippen molar-refractivity contribution in [2.24, 2.45) is 0 Å². The summed E-state index contributed by atoms with van der Waals surface area (Å²) in [4.78, 5) is 13.6. The first-order chi connectivity index (χ1) is 9.65. The third-order valence-electron chi connectivity index (χ3n) is 3.67. The second-order valence-electron chi connectivity index (χ2n) is 5.16. The van der Waals surface area contributed by atoms with Gasteiger partial charge in [0.15, 0.2) is 5.76 Å². The molecule has 1 atom stereocenters. The van der Waals surface area contributed by atoms with Gasteiger partial charge in [-0.2, -0.15) is 5.10 Å². The molecule has 20 heavy (non-hydrogen) atoms. The van der Waals surface area contributed by atoms with Gasteiger partial charge in [0.2, 0.25) is 5.91 Å². The molecule has 2 aromatic rings. The van der Waals surface area contributed by atoms with E-state index in [9.17, 15) is 4.79 Å². The number of aromatic amines is 1. The average Bonchev–Trinajstić information content (AvgIpc) is 3.11. The topological polar surface area (TPSA) is 74.2 Å². The van der Waals surface area contributed by atoms with Crippen molar-refractivity contribution >= 4 is 5.91 Å². The monoisotopic (exact) mass is 274 g/mol. The number of likely N-dealkylation sites (tertiary alicyclic amines) is 1. The Morgan fingerprint density at radius 2 is 2.40 bits per heavy atom. The molecule has 0 spiro atoms. The smallest absolute Gasteiger partial charge is 0.239 e. The molecule has 6 nitrogen and oxygen atoms in total. The maximum absolute atomic E-state index is 11.8. The van der Waals surface area contributed by atoms with E-state index in [2.05, 4.69) is 15.5 Å². The lowest BCUT2D eigenvalue weighted by molar-refractivity contribution is -0.128. The van der Waals surface area contributed by atoms with Crippen molar-refractivity contribution in [1.29, 1.82) is 0 Å². The van der Waals surface area contributed by atoms with Crippen LogP contribution in [-0.2, 0) is 11.3 Å². The molecule has 0 bridgehead atoms. The highest BCUT2D eigenvalue weighted by atomic mass is 16.3. The molecule has 106 valence electrons. The van der Waals surface area contributed by atoms with Gasteiger partial charge in [-0.15, -0.1) is 0 Å². The molecule has 1 aliphatic rings. The molecule has 1 aliphatic heterocycles. The molecule has 3 rings (SSSR count). The standard InChI is InChI=1S/C14H18N4O2/c1-9-3-4-12(20-9)13-10(8-16-17-13)7-15-11-5-6-18(2)14(11)19/h3-4,8,11,15H,5-7H2,1-2H3,(H,16,17). The summed E-state index contributed by atoms with van der Waals surface area (Å²) in [5.41, 5.74) is 1.87. The quantitative estimate of drug-likeness (QED) is 0.881. The summed E-state index contributed by atoms with van der Waals surface area (Å²) < 4.78 is 5.60. The van der Waals surface area contributed by atoms with Crippen molar-refractivity contribution in [3.8, 4) is 11.5 Å². The summed E-state index contributed by atoms with van der Waals surface area (Å²) in [5.74, 6) is 1.79. The molecule has 2 N–H and O–H groups in total. The van der Waals surface area contributed by atoms with Crippen LogP contribution >= 0.6 is 0 Å². The molecule has 0 saturated carbocycles. The predicted molar refractivity (Wildman–Crippen MR) is 73.9 cm³/mol. The number of likely N-dealkylation sites (N-methyl/N-ethyl adjacent to an activating group) is 1. The van der Waals surface area contributed by atoms with Crippen molar-refractivity contribution in [3.63, 3.8) is 0 Å². The number of aryl methyl sites for hydroxylation is 1. The van der Waals surface area contributed by atoms with Crippen molar-refractivity contribution < 1.29 is 9.21 Å². The molecule has 0 aromatic carbocycles. The Balaban J connectivity index is 1.70. The normalized spacial score (nSPS) is 19.0. The van der Waals surface area contributed by atoms with Gasteiger partial charge >= 0.3 is 0 Å². The minimum absolute atomic E-state index is 0.0962. The first-order valence-electron chi connectivity index (χ1n) is 6.72. The van der Waals surface area contributed by atoms with E-state index in [1.54, 1.807) is 11.1 Å². The van der Waals surface area contributed by atoms with Crippen LogP contribution in [0.3, 0.4) is 0 Å². The first kappa shape index (κ1) is 12.9. The minimum atomic E-state index is -0.0962. The number of aromatic nitrogens is 2. The van der Waals surface area contributed by atoms with Crippen LogP contribution in [0.5, 0.6) is 0 Å². The highest BCUT2D eigenvalue weighted by Crippen LogP contribution is 2.23. The van der Waals surface area contributed by atoms with E-state index in [-0.39, 0.29) is 11.9 Å². The van der Waals surface area contributed by atoms with E-state index in [1.165, 1.54) is 0 Å².